The van der Waals surface area contributed by atoms with Gasteiger partial charge in [0, 0.05) is 18.8 Å². The molecule has 146 valence electrons. The third-order valence-electron chi connectivity index (χ3n) is 4.37. The maximum atomic E-state index is 13.6. The molecule has 2 aromatic rings. The predicted octanol–water partition coefficient (Wildman–Crippen LogP) is 3.32. The minimum Gasteiger partial charge on any atom is -0.367 e. The molecule has 1 aliphatic heterocycles. The standard InChI is InChI=1S/C18H19F3N2O3S/c1-12-10-23(11-17(26-12)13-5-3-2-4-6-13)16-8-7-14(27(22,24)25)9-15(16)18(19,20)21/h2-9,12,17H,10-11H2,1H3,(H2,22,24,25). The summed E-state index contributed by atoms with van der Waals surface area (Å²) in [5.41, 5.74) is -0.260. The molecule has 2 aromatic carbocycles. The third kappa shape index (κ3) is 4.42. The van der Waals surface area contributed by atoms with Gasteiger partial charge in [-0.1, -0.05) is 30.3 Å². The van der Waals surface area contributed by atoms with Crippen molar-refractivity contribution >= 4 is 15.7 Å². The molecular formula is C18H19F3N2O3S. The smallest absolute Gasteiger partial charge is 0.367 e. The van der Waals surface area contributed by atoms with Crippen molar-refractivity contribution in [3.63, 3.8) is 0 Å². The lowest BCUT2D eigenvalue weighted by Crippen LogP contribution is -2.43. The van der Waals surface area contributed by atoms with E-state index in [0.717, 1.165) is 17.7 Å². The van der Waals surface area contributed by atoms with Crippen molar-refractivity contribution in [2.24, 2.45) is 5.14 Å². The number of hydrogen-bond donors (Lipinski definition) is 1. The number of ether oxygens (including phenoxy) is 1. The summed E-state index contributed by atoms with van der Waals surface area (Å²) in [5.74, 6) is 0. The zero-order chi connectivity index (χ0) is 19.8. The Hall–Kier alpha value is -2.10. The number of morpholine rings is 1. The van der Waals surface area contributed by atoms with Crippen LogP contribution in [0.2, 0.25) is 0 Å². The van der Waals surface area contributed by atoms with E-state index in [-0.39, 0.29) is 24.9 Å². The van der Waals surface area contributed by atoms with E-state index in [9.17, 15) is 21.6 Å². The van der Waals surface area contributed by atoms with Gasteiger partial charge in [-0.15, -0.1) is 0 Å². The highest BCUT2D eigenvalue weighted by atomic mass is 32.2. The van der Waals surface area contributed by atoms with Gasteiger partial charge in [-0.05, 0) is 30.7 Å². The molecule has 0 bridgehead atoms. The third-order valence-corrected chi connectivity index (χ3v) is 5.29. The fourth-order valence-corrected chi connectivity index (χ4v) is 3.73. The van der Waals surface area contributed by atoms with E-state index in [2.05, 4.69) is 0 Å². The van der Waals surface area contributed by atoms with Crippen LogP contribution in [-0.2, 0) is 20.9 Å². The van der Waals surface area contributed by atoms with Crippen molar-refractivity contribution in [2.75, 3.05) is 18.0 Å². The average Bonchev–Trinajstić information content (AvgIpc) is 2.60. The van der Waals surface area contributed by atoms with E-state index in [1.165, 1.54) is 0 Å². The normalized spacial score (nSPS) is 21.3. The Balaban J connectivity index is 2.01. The van der Waals surface area contributed by atoms with Gasteiger partial charge in [0.25, 0.3) is 0 Å². The Morgan fingerprint density at radius 3 is 2.37 bits per heavy atom. The van der Waals surface area contributed by atoms with Crippen LogP contribution in [0, 0.1) is 0 Å². The summed E-state index contributed by atoms with van der Waals surface area (Å²) in [5, 5.41) is 4.99. The molecule has 2 N–H and O–H groups in total. The van der Waals surface area contributed by atoms with Crippen LogP contribution >= 0.6 is 0 Å². The van der Waals surface area contributed by atoms with Crippen LogP contribution in [0.1, 0.15) is 24.2 Å². The van der Waals surface area contributed by atoms with Gasteiger partial charge in [0.1, 0.15) is 6.10 Å². The minimum absolute atomic E-state index is 0.0917. The van der Waals surface area contributed by atoms with Crippen molar-refractivity contribution in [3.8, 4) is 0 Å². The van der Waals surface area contributed by atoms with E-state index in [1.54, 1.807) is 11.8 Å². The molecule has 2 unspecified atom stereocenters. The zero-order valence-electron chi connectivity index (χ0n) is 14.5. The van der Waals surface area contributed by atoms with Crippen LogP contribution in [-0.4, -0.2) is 27.6 Å². The van der Waals surface area contributed by atoms with Crippen LogP contribution < -0.4 is 10.0 Å². The summed E-state index contributed by atoms with van der Waals surface area (Å²) in [6.45, 7) is 2.25. The quantitative estimate of drug-likeness (QED) is 0.858. The molecular weight excluding hydrogens is 381 g/mol. The summed E-state index contributed by atoms with van der Waals surface area (Å²) >= 11 is 0. The largest absolute Gasteiger partial charge is 0.418 e. The second-order valence-electron chi connectivity index (χ2n) is 6.47. The highest BCUT2D eigenvalue weighted by Crippen LogP contribution is 2.40. The second kappa shape index (κ2) is 7.14. The topological polar surface area (TPSA) is 72.6 Å². The van der Waals surface area contributed by atoms with E-state index in [0.29, 0.717) is 6.07 Å². The number of sulfonamides is 1. The number of rotatable bonds is 3. The van der Waals surface area contributed by atoms with Gasteiger partial charge >= 0.3 is 6.18 Å². The van der Waals surface area contributed by atoms with Gasteiger partial charge in [0.2, 0.25) is 10.0 Å². The number of halogens is 3. The number of anilines is 1. The van der Waals surface area contributed by atoms with Crippen LogP contribution in [0.25, 0.3) is 0 Å². The molecule has 1 aliphatic rings. The first-order valence-electron chi connectivity index (χ1n) is 8.25. The van der Waals surface area contributed by atoms with Crippen molar-refractivity contribution < 1.29 is 26.3 Å². The van der Waals surface area contributed by atoms with E-state index < -0.39 is 32.8 Å². The first-order valence-corrected chi connectivity index (χ1v) is 9.80. The van der Waals surface area contributed by atoms with Gasteiger partial charge < -0.3 is 9.64 Å². The Bertz CT molecular complexity index is 917. The Morgan fingerprint density at radius 1 is 1.11 bits per heavy atom. The van der Waals surface area contributed by atoms with Crippen molar-refractivity contribution in [1.82, 2.24) is 0 Å². The molecule has 3 rings (SSSR count). The zero-order valence-corrected chi connectivity index (χ0v) is 15.3. The summed E-state index contributed by atoms with van der Waals surface area (Å²) in [7, 11) is -4.24. The monoisotopic (exact) mass is 400 g/mol. The number of hydrogen-bond acceptors (Lipinski definition) is 4. The van der Waals surface area contributed by atoms with Crippen molar-refractivity contribution in [3.05, 3.63) is 59.7 Å². The molecule has 0 aromatic heterocycles. The number of nitrogens with two attached hydrogens (primary N) is 1. The SMILES string of the molecule is CC1CN(c2ccc(S(N)(=O)=O)cc2C(F)(F)F)CC(c2ccccc2)O1. The van der Waals surface area contributed by atoms with Crippen LogP contribution in [0.5, 0.6) is 0 Å². The van der Waals surface area contributed by atoms with Gasteiger partial charge in [0.05, 0.1) is 16.6 Å². The Morgan fingerprint density at radius 2 is 1.78 bits per heavy atom. The summed E-state index contributed by atoms with van der Waals surface area (Å²) < 4.78 is 69.6. The molecule has 9 heteroatoms. The Kier molecular flexibility index (Phi) is 5.20. The van der Waals surface area contributed by atoms with Crippen LogP contribution in [0.15, 0.2) is 53.4 Å². The molecule has 5 nitrogen and oxygen atoms in total. The summed E-state index contributed by atoms with van der Waals surface area (Å²) in [4.78, 5) is 1.00. The summed E-state index contributed by atoms with van der Waals surface area (Å²) in [6, 6.07) is 12.1. The lowest BCUT2D eigenvalue weighted by Gasteiger charge is -2.39. The number of primary sulfonamides is 1. The summed E-state index contributed by atoms with van der Waals surface area (Å²) in [6.07, 6.45) is -5.42. The van der Waals surface area contributed by atoms with Crippen molar-refractivity contribution in [1.29, 1.82) is 0 Å². The molecule has 1 fully saturated rings. The number of alkyl halides is 3. The lowest BCUT2D eigenvalue weighted by atomic mass is 10.0. The molecule has 0 spiro atoms. The van der Waals surface area contributed by atoms with Crippen molar-refractivity contribution in [2.45, 2.75) is 30.2 Å². The van der Waals surface area contributed by atoms with Gasteiger partial charge in [-0.2, -0.15) is 13.2 Å². The first-order chi connectivity index (χ1) is 12.6. The van der Waals surface area contributed by atoms with Gasteiger partial charge in [-0.25, -0.2) is 13.6 Å². The Labute approximate surface area is 155 Å². The van der Waals surface area contributed by atoms with E-state index in [4.69, 9.17) is 9.88 Å². The molecule has 0 radical (unpaired) electrons. The van der Waals surface area contributed by atoms with Crippen LogP contribution in [0.3, 0.4) is 0 Å². The molecule has 0 aliphatic carbocycles. The number of benzene rings is 2. The van der Waals surface area contributed by atoms with E-state index in [1.807, 2.05) is 30.3 Å². The van der Waals surface area contributed by atoms with Gasteiger partial charge in [-0.3, -0.25) is 0 Å². The first kappa shape index (κ1) is 19.7. The maximum Gasteiger partial charge on any atom is 0.418 e. The maximum absolute atomic E-state index is 13.6. The molecule has 2 atom stereocenters. The molecule has 0 saturated carbocycles. The average molecular weight is 400 g/mol. The molecule has 0 amide bonds. The second-order valence-corrected chi connectivity index (χ2v) is 8.03. The van der Waals surface area contributed by atoms with Gasteiger partial charge in [0.15, 0.2) is 0 Å². The highest BCUT2D eigenvalue weighted by Gasteiger charge is 2.38. The molecule has 1 heterocycles. The fourth-order valence-electron chi connectivity index (χ4n) is 3.19. The molecule has 1 saturated heterocycles. The highest BCUT2D eigenvalue weighted by molar-refractivity contribution is 7.89. The van der Waals surface area contributed by atoms with E-state index >= 15 is 0 Å². The van der Waals surface area contributed by atoms with Crippen LogP contribution in [0.4, 0.5) is 18.9 Å². The molecule has 27 heavy (non-hydrogen) atoms. The lowest BCUT2D eigenvalue weighted by molar-refractivity contribution is -0.137. The predicted molar refractivity (Wildman–Crippen MR) is 94.8 cm³/mol. The fraction of sp³-hybridized carbons (Fsp3) is 0.333. The number of nitrogens with zero attached hydrogens (tertiary/aromatic N) is 1. The minimum atomic E-state index is -4.72.